The standard InChI is InChI=1S/C14H24N4O2/c1-11(2)20-6-3-16-13-9-14(17-10-12(13)15)18-4-7-19-8-5-18/h9-11H,3-8,15H2,1-2H3,(H,16,17). The fraction of sp³-hybridized carbons (Fsp3) is 0.643. The summed E-state index contributed by atoms with van der Waals surface area (Å²) in [4.78, 5) is 6.60. The van der Waals surface area contributed by atoms with Crippen LogP contribution in [0.2, 0.25) is 0 Å². The first-order valence-corrected chi connectivity index (χ1v) is 7.10. The van der Waals surface area contributed by atoms with E-state index in [9.17, 15) is 0 Å². The molecule has 1 fully saturated rings. The third-order valence-corrected chi connectivity index (χ3v) is 3.12. The molecule has 1 saturated heterocycles. The first-order chi connectivity index (χ1) is 9.66. The zero-order chi connectivity index (χ0) is 14.4. The summed E-state index contributed by atoms with van der Waals surface area (Å²) in [7, 11) is 0. The molecule has 3 N–H and O–H groups in total. The maximum atomic E-state index is 5.95. The van der Waals surface area contributed by atoms with Crippen LogP contribution in [0.1, 0.15) is 13.8 Å². The second-order valence-electron chi connectivity index (χ2n) is 5.08. The Morgan fingerprint density at radius 2 is 2.20 bits per heavy atom. The average Bonchev–Trinajstić information content (AvgIpc) is 2.46. The van der Waals surface area contributed by atoms with Gasteiger partial charge in [0, 0.05) is 25.7 Å². The first kappa shape index (κ1) is 14.9. The van der Waals surface area contributed by atoms with E-state index >= 15 is 0 Å². The molecule has 2 heterocycles. The van der Waals surface area contributed by atoms with Gasteiger partial charge in [-0.2, -0.15) is 0 Å². The zero-order valence-corrected chi connectivity index (χ0v) is 12.3. The van der Waals surface area contributed by atoms with E-state index in [2.05, 4.69) is 15.2 Å². The highest BCUT2D eigenvalue weighted by atomic mass is 16.5. The Labute approximate surface area is 120 Å². The van der Waals surface area contributed by atoms with Crippen molar-refractivity contribution in [2.24, 2.45) is 0 Å². The summed E-state index contributed by atoms with van der Waals surface area (Å²) < 4.78 is 10.9. The predicted octanol–water partition coefficient (Wildman–Crippen LogP) is 1.34. The van der Waals surface area contributed by atoms with Crippen molar-refractivity contribution in [3.05, 3.63) is 12.3 Å². The molecule has 0 spiro atoms. The molecule has 0 aromatic carbocycles. The summed E-state index contributed by atoms with van der Waals surface area (Å²) in [6, 6.07) is 2.00. The lowest BCUT2D eigenvalue weighted by molar-refractivity contribution is 0.0870. The molecule has 0 atom stereocenters. The van der Waals surface area contributed by atoms with Crippen LogP contribution in [0.4, 0.5) is 17.2 Å². The molecule has 0 saturated carbocycles. The van der Waals surface area contributed by atoms with Crippen LogP contribution in [0.15, 0.2) is 12.3 Å². The molecule has 1 aliphatic heterocycles. The number of anilines is 3. The molecule has 0 radical (unpaired) electrons. The van der Waals surface area contributed by atoms with Gasteiger partial charge in [-0.05, 0) is 13.8 Å². The molecule has 112 valence electrons. The lowest BCUT2D eigenvalue weighted by Crippen LogP contribution is -2.36. The van der Waals surface area contributed by atoms with Crippen LogP contribution < -0.4 is 16.0 Å². The largest absolute Gasteiger partial charge is 0.396 e. The van der Waals surface area contributed by atoms with E-state index in [4.69, 9.17) is 15.2 Å². The number of ether oxygens (including phenoxy) is 2. The maximum absolute atomic E-state index is 5.95. The Hall–Kier alpha value is -1.53. The van der Waals surface area contributed by atoms with Crippen LogP contribution in [0, 0.1) is 0 Å². The van der Waals surface area contributed by atoms with Gasteiger partial charge in [-0.15, -0.1) is 0 Å². The van der Waals surface area contributed by atoms with Gasteiger partial charge in [0.25, 0.3) is 0 Å². The van der Waals surface area contributed by atoms with Gasteiger partial charge in [0.2, 0.25) is 0 Å². The lowest BCUT2D eigenvalue weighted by atomic mass is 10.3. The highest BCUT2D eigenvalue weighted by Gasteiger charge is 2.13. The Kier molecular flexibility index (Phi) is 5.43. The van der Waals surface area contributed by atoms with Crippen LogP contribution in [0.5, 0.6) is 0 Å². The number of nitrogens with one attached hydrogen (secondary N) is 1. The summed E-state index contributed by atoms with van der Waals surface area (Å²) in [6.45, 7) is 8.67. The first-order valence-electron chi connectivity index (χ1n) is 7.10. The molecular weight excluding hydrogens is 256 g/mol. The molecular formula is C14H24N4O2. The smallest absolute Gasteiger partial charge is 0.130 e. The minimum atomic E-state index is 0.246. The summed E-state index contributed by atoms with van der Waals surface area (Å²) >= 11 is 0. The molecule has 0 aliphatic carbocycles. The van der Waals surface area contributed by atoms with Crippen LogP contribution in [-0.2, 0) is 9.47 Å². The second-order valence-corrected chi connectivity index (χ2v) is 5.08. The lowest BCUT2D eigenvalue weighted by Gasteiger charge is -2.28. The Morgan fingerprint density at radius 1 is 1.45 bits per heavy atom. The monoisotopic (exact) mass is 280 g/mol. The number of hydrogen-bond donors (Lipinski definition) is 2. The van der Waals surface area contributed by atoms with E-state index in [0.717, 1.165) is 44.4 Å². The van der Waals surface area contributed by atoms with Crippen molar-refractivity contribution in [2.75, 3.05) is 55.4 Å². The van der Waals surface area contributed by atoms with Gasteiger partial charge in [0.1, 0.15) is 5.82 Å². The number of hydrogen-bond acceptors (Lipinski definition) is 6. The fourth-order valence-electron chi connectivity index (χ4n) is 2.05. The summed E-state index contributed by atoms with van der Waals surface area (Å²) in [5.41, 5.74) is 7.52. The third kappa shape index (κ3) is 4.25. The van der Waals surface area contributed by atoms with Crippen LogP contribution >= 0.6 is 0 Å². The van der Waals surface area contributed by atoms with Crippen LogP contribution in [-0.4, -0.2) is 50.5 Å². The number of aromatic nitrogens is 1. The van der Waals surface area contributed by atoms with Gasteiger partial charge in [-0.1, -0.05) is 0 Å². The molecule has 0 bridgehead atoms. The normalized spacial score (nSPS) is 15.7. The van der Waals surface area contributed by atoms with Crippen molar-refractivity contribution >= 4 is 17.2 Å². The van der Waals surface area contributed by atoms with E-state index < -0.39 is 0 Å². The van der Waals surface area contributed by atoms with E-state index in [1.165, 1.54) is 0 Å². The molecule has 0 unspecified atom stereocenters. The summed E-state index contributed by atoms with van der Waals surface area (Å²) in [5, 5.41) is 3.30. The van der Waals surface area contributed by atoms with Gasteiger partial charge < -0.3 is 25.4 Å². The third-order valence-electron chi connectivity index (χ3n) is 3.12. The SMILES string of the molecule is CC(C)OCCNc1cc(N2CCOCC2)ncc1N. The van der Waals surface area contributed by atoms with Crippen molar-refractivity contribution in [3.8, 4) is 0 Å². The fourth-order valence-corrected chi connectivity index (χ4v) is 2.05. The van der Waals surface area contributed by atoms with E-state index in [1.54, 1.807) is 6.20 Å². The number of pyridine rings is 1. The second kappa shape index (κ2) is 7.31. The molecule has 20 heavy (non-hydrogen) atoms. The number of nitrogens with zero attached hydrogens (tertiary/aromatic N) is 2. The molecule has 1 aromatic heterocycles. The number of nitrogen functional groups attached to an aromatic ring is 1. The zero-order valence-electron chi connectivity index (χ0n) is 12.3. The summed E-state index contributed by atoms with van der Waals surface area (Å²) in [5.74, 6) is 0.940. The van der Waals surface area contributed by atoms with Crippen LogP contribution in [0.25, 0.3) is 0 Å². The molecule has 2 rings (SSSR count). The molecule has 6 heteroatoms. The summed E-state index contributed by atoms with van der Waals surface area (Å²) in [6.07, 6.45) is 1.95. The van der Waals surface area contributed by atoms with Gasteiger partial charge in [-0.25, -0.2) is 4.98 Å². The Balaban J connectivity index is 1.93. The average molecular weight is 280 g/mol. The Morgan fingerprint density at radius 3 is 2.90 bits per heavy atom. The van der Waals surface area contributed by atoms with Crippen molar-refractivity contribution in [1.82, 2.24) is 4.98 Å². The topological polar surface area (TPSA) is 72.6 Å². The Bertz CT molecular complexity index is 420. The van der Waals surface area contributed by atoms with Gasteiger partial charge in [-0.3, -0.25) is 0 Å². The van der Waals surface area contributed by atoms with Crippen molar-refractivity contribution < 1.29 is 9.47 Å². The highest BCUT2D eigenvalue weighted by Crippen LogP contribution is 2.23. The highest BCUT2D eigenvalue weighted by molar-refractivity contribution is 5.69. The minimum absolute atomic E-state index is 0.246. The van der Waals surface area contributed by atoms with Crippen molar-refractivity contribution in [1.29, 1.82) is 0 Å². The van der Waals surface area contributed by atoms with Gasteiger partial charge in [0.15, 0.2) is 0 Å². The van der Waals surface area contributed by atoms with Crippen molar-refractivity contribution in [3.63, 3.8) is 0 Å². The number of morpholine rings is 1. The number of nitrogens with two attached hydrogens (primary N) is 1. The van der Waals surface area contributed by atoms with E-state index in [-0.39, 0.29) is 6.10 Å². The molecule has 0 amide bonds. The predicted molar refractivity (Wildman–Crippen MR) is 81.3 cm³/mol. The molecule has 6 nitrogen and oxygen atoms in total. The molecule has 1 aromatic rings. The van der Waals surface area contributed by atoms with E-state index in [0.29, 0.717) is 12.3 Å². The van der Waals surface area contributed by atoms with Gasteiger partial charge in [0.05, 0.1) is 43.5 Å². The molecule has 1 aliphatic rings. The van der Waals surface area contributed by atoms with Gasteiger partial charge >= 0.3 is 0 Å². The minimum Gasteiger partial charge on any atom is -0.396 e. The van der Waals surface area contributed by atoms with Crippen LogP contribution in [0.3, 0.4) is 0 Å². The maximum Gasteiger partial charge on any atom is 0.130 e. The van der Waals surface area contributed by atoms with E-state index in [1.807, 2.05) is 19.9 Å². The van der Waals surface area contributed by atoms with Crippen molar-refractivity contribution in [2.45, 2.75) is 20.0 Å². The number of rotatable bonds is 6. The quantitative estimate of drug-likeness (QED) is 0.766.